The van der Waals surface area contributed by atoms with E-state index in [4.69, 9.17) is 18.5 Å². The Bertz CT molecular complexity index is 1540. The second kappa shape index (κ2) is 21.5. The van der Waals surface area contributed by atoms with Gasteiger partial charge in [-0.15, -0.1) is 0 Å². The predicted octanol–water partition coefficient (Wildman–Crippen LogP) is 12.9. The van der Waals surface area contributed by atoms with E-state index >= 15 is 0 Å². The van der Waals surface area contributed by atoms with Crippen LogP contribution >= 0.6 is 8.53 Å². The first-order chi connectivity index (χ1) is 28.3. The predicted molar refractivity (Wildman–Crippen MR) is 245 cm³/mol. The first kappa shape index (κ1) is 48.8. The third kappa shape index (κ3) is 12.5. The van der Waals surface area contributed by atoms with Gasteiger partial charge in [0.15, 0.2) is 0 Å². The first-order valence-electron chi connectivity index (χ1n) is 23.8. The molecular weight excluding hydrogens is 770 g/mol. The summed E-state index contributed by atoms with van der Waals surface area (Å²) in [4.78, 5) is 28.3. The number of allylic oxidation sites excluding steroid dienone is 1. The van der Waals surface area contributed by atoms with Crippen LogP contribution in [-0.2, 0) is 25.1 Å². The molecule has 3 fully saturated rings. The van der Waals surface area contributed by atoms with E-state index in [0.29, 0.717) is 18.6 Å². The fraction of sp³-hybridized carbons (Fsp3) is 0.800. The van der Waals surface area contributed by atoms with Crippen LogP contribution in [0.4, 0.5) is 9.59 Å². The van der Waals surface area contributed by atoms with E-state index in [-0.39, 0.29) is 43.3 Å². The summed E-state index contributed by atoms with van der Waals surface area (Å²) >= 11 is 0. The largest absolute Gasteiger partial charge is 0.446 e. The van der Waals surface area contributed by atoms with E-state index in [0.717, 1.165) is 60.3 Å². The maximum absolute atomic E-state index is 13.4. The van der Waals surface area contributed by atoms with Crippen LogP contribution in [0, 0.1) is 46.3 Å². The Kier molecular flexibility index (Phi) is 17.5. The van der Waals surface area contributed by atoms with E-state index in [1.165, 1.54) is 56.9 Å². The smallest absolute Gasteiger partial charge is 0.410 e. The molecule has 9 atom stereocenters. The Morgan fingerprint density at radius 3 is 2.27 bits per heavy atom. The molecule has 0 aliphatic heterocycles. The molecule has 5 rings (SSSR count). The van der Waals surface area contributed by atoms with Crippen LogP contribution in [0.15, 0.2) is 42.0 Å². The third-order valence-electron chi connectivity index (χ3n) is 14.8. The molecular formula is C50H84N3O6P. The molecule has 10 heteroatoms. The second-order valence-corrected chi connectivity index (χ2v) is 22.8. The fourth-order valence-electron chi connectivity index (χ4n) is 11.9. The fourth-order valence-corrected chi connectivity index (χ4v) is 13.5. The van der Waals surface area contributed by atoms with Gasteiger partial charge in [0.1, 0.15) is 11.7 Å². The molecule has 1 aromatic carbocycles. The SMILES string of the molecule is CC(C)CCC[C@@H](C)[C@H]1CC[C@H]2[C@@H]3CC=C4C[C@@H](OC(=O)NCCN(CCOP(OCc5ccccc5)N(C(C)C)C(C)C)C(=O)OC(C)(C)C)CC[C@]4(C)[C@H]3CC[C@]12C. The summed E-state index contributed by atoms with van der Waals surface area (Å²) < 4.78 is 26.9. The highest BCUT2D eigenvalue weighted by Gasteiger charge is 2.59. The number of fused-ring (bicyclic) bond motifs is 5. The first-order valence-corrected chi connectivity index (χ1v) is 25.0. The standard InChI is InChI=1S/C50H84N3O6P/c1-35(2)17-16-18-38(7)43-23-24-44-42-22-21-40-33-41(25-27-49(40,11)45(42)26-28-50(43,44)12)58-46(54)51-29-30-52(47(55)59-48(8,9)10)31-32-56-60(53(36(3)4)37(5)6)57-34-39-19-14-13-15-20-39/h13-15,19-21,35-38,41-45H,16-18,22-34H2,1-12H3,(H,51,54)/t38-,41+,42+,43-,44+,45+,49+,50-,60?/m1/s1. The van der Waals surface area contributed by atoms with Gasteiger partial charge < -0.3 is 28.7 Å². The zero-order chi connectivity index (χ0) is 43.8. The number of benzene rings is 1. The molecule has 4 aliphatic rings. The highest BCUT2D eigenvalue weighted by atomic mass is 31.2. The van der Waals surface area contributed by atoms with Gasteiger partial charge in [-0.2, -0.15) is 0 Å². The minimum Gasteiger partial charge on any atom is -0.446 e. The molecule has 0 radical (unpaired) electrons. The molecule has 0 bridgehead atoms. The Labute approximate surface area is 366 Å². The highest BCUT2D eigenvalue weighted by molar-refractivity contribution is 7.44. The lowest BCUT2D eigenvalue weighted by Crippen LogP contribution is -2.51. The Balaban J connectivity index is 1.13. The van der Waals surface area contributed by atoms with Gasteiger partial charge in [0, 0.05) is 38.1 Å². The quantitative estimate of drug-likeness (QED) is 0.109. The van der Waals surface area contributed by atoms with Crippen molar-refractivity contribution in [1.29, 1.82) is 0 Å². The molecule has 1 N–H and O–H groups in total. The number of carbonyl (C=O) groups is 2. The Hall–Kier alpha value is -2.19. The molecule has 1 aromatic rings. The summed E-state index contributed by atoms with van der Waals surface area (Å²) in [7, 11) is -1.40. The van der Waals surface area contributed by atoms with Crippen LogP contribution in [0.1, 0.15) is 159 Å². The summed E-state index contributed by atoms with van der Waals surface area (Å²) in [5.74, 6) is 4.83. The van der Waals surface area contributed by atoms with Gasteiger partial charge in [0.2, 0.25) is 0 Å². The van der Waals surface area contributed by atoms with Crippen molar-refractivity contribution in [1.82, 2.24) is 14.9 Å². The van der Waals surface area contributed by atoms with Crippen molar-refractivity contribution >= 4 is 20.7 Å². The van der Waals surface area contributed by atoms with E-state index in [1.807, 2.05) is 51.1 Å². The van der Waals surface area contributed by atoms with Gasteiger partial charge in [-0.25, -0.2) is 14.3 Å². The van der Waals surface area contributed by atoms with Gasteiger partial charge in [-0.3, -0.25) is 0 Å². The highest BCUT2D eigenvalue weighted by Crippen LogP contribution is 2.67. The number of ether oxygens (including phenoxy) is 2. The molecule has 2 amide bonds. The molecule has 4 aliphatic carbocycles. The number of carbonyl (C=O) groups excluding carboxylic acids is 2. The van der Waals surface area contributed by atoms with Crippen LogP contribution < -0.4 is 5.32 Å². The molecule has 340 valence electrons. The van der Waals surface area contributed by atoms with Crippen molar-refractivity contribution in [2.75, 3.05) is 26.2 Å². The van der Waals surface area contributed by atoms with Gasteiger partial charge in [0.25, 0.3) is 8.53 Å². The topological polar surface area (TPSA) is 89.6 Å². The Morgan fingerprint density at radius 2 is 1.60 bits per heavy atom. The number of nitrogens with one attached hydrogen (secondary N) is 1. The number of amides is 2. The number of alkyl carbamates (subject to hydrolysis) is 1. The maximum atomic E-state index is 13.4. The molecule has 1 unspecified atom stereocenters. The minimum atomic E-state index is -1.40. The van der Waals surface area contributed by atoms with Crippen molar-refractivity contribution in [2.24, 2.45) is 46.3 Å². The van der Waals surface area contributed by atoms with Crippen molar-refractivity contribution < 1.29 is 28.1 Å². The van der Waals surface area contributed by atoms with E-state index in [1.54, 1.807) is 4.90 Å². The molecule has 9 nitrogen and oxygen atoms in total. The van der Waals surface area contributed by atoms with Crippen molar-refractivity contribution in [3.05, 3.63) is 47.5 Å². The zero-order valence-corrected chi connectivity index (χ0v) is 40.7. The summed E-state index contributed by atoms with van der Waals surface area (Å²) in [6.45, 7) is 28.1. The minimum absolute atomic E-state index is 0.132. The molecule has 0 spiro atoms. The van der Waals surface area contributed by atoms with Crippen LogP contribution in [0.2, 0.25) is 0 Å². The number of nitrogens with zero attached hydrogens (tertiary/aromatic N) is 2. The number of hydrogen-bond acceptors (Lipinski definition) is 7. The van der Waals surface area contributed by atoms with Gasteiger partial charge >= 0.3 is 12.2 Å². The lowest BCUT2D eigenvalue weighted by molar-refractivity contribution is -0.0581. The molecule has 0 saturated heterocycles. The zero-order valence-electron chi connectivity index (χ0n) is 39.8. The van der Waals surface area contributed by atoms with Crippen molar-refractivity contribution in [2.45, 2.75) is 184 Å². The van der Waals surface area contributed by atoms with Gasteiger partial charge in [0.05, 0.1) is 13.2 Å². The van der Waals surface area contributed by atoms with Crippen molar-refractivity contribution in [3.63, 3.8) is 0 Å². The normalized spacial score (nSPS) is 28.8. The Morgan fingerprint density at radius 1 is 0.883 bits per heavy atom. The number of hydrogen-bond donors (Lipinski definition) is 1. The molecule has 0 aromatic heterocycles. The van der Waals surface area contributed by atoms with Crippen molar-refractivity contribution in [3.8, 4) is 0 Å². The summed E-state index contributed by atoms with van der Waals surface area (Å²) in [6.07, 6.45) is 15.2. The lowest BCUT2D eigenvalue weighted by Gasteiger charge is -2.58. The van der Waals surface area contributed by atoms with Gasteiger partial charge in [-0.1, -0.05) is 95.9 Å². The van der Waals surface area contributed by atoms with E-state index in [9.17, 15) is 9.59 Å². The van der Waals surface area contributed by atoms with Crippen LogP contribution in [0.5, 0.6) is 0 Å². The van der Waals surface area contributed by atoms with Crippen LogP contribution in [0.3, 0.4) is 0 Å². The molecule has 3 saturated carbocycles. The van der Waals surface area contributed by atoms with Gasteiger partial charge in [-0.05, 0) is 145 Å². The maximum Gasteiger partial charge on any atom is 0.410 e. The lowest BCUT2D eigenvalue weighted by atomic mass is 9.47. The van der Waals surface area contributed by atoms with Crippen LogP contribution in [0.25, 0.3) is 0 Å². The van der Waals surface area contributed by atoms with E-state index < -0.39 is 26.3 Å². The van der Waals surface area contributed by atoms with Crippen LogP contribution in [-0.4, -0.2) is 71.8 Å². The average molecular weight is 854 g/mol. The summed E-state index contributed by atoms with van der Waals surface area (Å²) in [6, 6.07) is 10.5. The summed E-state index contributed by atoms with van der Waals surface area (Å²) in [5.41, 5.74) is 2.61. The monoisotopic (exact) mass is 854 g/mol. The molecule has 0 heterocycles. The summed E-state index contributed by atoms with van der Waals surface area (Å²) in [5, 5.41) is 2.95. The van der Waals surface area contributed by atoms with E-state index in [2.05, 4.69) is 78.4 Å². The molecule has 60 heavy (non-hydrogen) atoms. The second-order valence-electron chi connectivity index (χ2n) is 21.4. The number of rotatable bonds is 19. The average Bonchev–Trinajstić information content (AvgIpc) is 3.53. The third-order valence-corrected chi connectivity index (χ3v) is 16.9.